The van der Waals surface area contributed by atoms with Crippen molar-refractivity contribution in [3.05, 3.63) is 40.5 Å². The van der Waals surface area contributed by atoms with Crippen LogP contribution in [-0.4, -0.2) is 47.7 Å². The van der Waals surface area contributed by atoms with Crippen molar-refractivity contribution >= 4 is 17.2 Å². The summed E-state index contributed by atoms with van der Waals surface area (Å²) in [5.41, 5.74) is 1.32. The Morgan fingerprint density at radius 1 is 1.48 bits per heavy atom. The lowest BCUT2D eigenvalue weighted by molar-refractivity contribution is 0.131. The van der Waals surface area contributed by atoms with Gasteiger partial charge >= 0.3 is 0 Å². The molecule has 0 aliphatic carbocycles. The Bertz CT molecular complexity index is 662. The molecule has 2 aromatic rings. The third kappa shape index (κ3) is 3.11. The Hall–Kier alpha value is -1.50. The fourth-order valence-corrected chi connectivity index (χ4v) is 4.53. The van der Waals surface area contributed by atoms with Crippen molar-refractivity contribution in [2.24, 2.45) is 11.3 Å². The maximum Gasteiger partial charge on any atom is 0.125 e. The summed E-state index contributed by atoms with van der Waals surface area (Å²) < 4.78 is 5.81. The van der Waals surface area contributed by atoms with E-state index in [4.69, 9.17) is 4.74 Å². The molecule has 4 heterocycles. The molecule has 6 heteroatoms. The molecule has 23 heavy (non-hydrogen) atoms. The van der Waals surface area contributed by atoms with Crippen LogP contribution in [0.4, 0.5) is 5.82 Å². The van der Waals surface area contributed by atoms with Gasteiger partial charge < -0.3 is 10.1 Å². The predicted molar refractivity (Wildman–Crippen MR) is 91.6 cm³/mol. The standard InChI is InChI=1S/C17H22N4OS/c1-13-9-23-16(20-13)7-21-6-14-8-22-12-17(14,11-21)10-19-15-4-2-3-5-18-15/h2-5,9,14H,6-8,10-12H2,1H3,(H,18,19)/t14-,17+/m1/s1. The Kier molecular flexibility index (Phi) is 4.05. The number of anilines is 1. The zero-order chi connectivity index (χ0) is 15.7. The normalized spacial score (nSPS) is 27.3. The number of hydrogen-bond acceptors (Lipinski definition) is 6. The molecule has 0 bridgehead atoms. The lowest BCUT2D eigenvalue weighted by atomic mass is 9.81. The van der Waals surface area contributed by atoms with Gasteiger partial charge in [0, 0.05) is 48.2 Å². The van der Waals surface area contributed by atoms with E-state index in [2.05, 4.69) is 32.5 Å². The summed E-state index contributed by atoms with van der Waals surface area (Å²) in [7, 11) is 0. The molecule has 0 unspecified atom stereocenters. The summed E-state index contributed by atoms with van der Waals surface area (Å²) in [4.78, 5) is 11.5. The highest BCUT2D eigenvalue weighted by molar-refractivity contribution is 7.09. The van der Waals surface area contributed by atoms with E-state index in [-0.39, 0.29) is 5.41 Å². The number of thiazole rings is 1. The van der Waals surface area contributed by atoms with E-state index < -0.39 is 0 Å². The molecule has 2 atom stereocenters. The predicted octanol–water partition coefficient (Wildman–Crippen LogP) is 2.41. The van der Waals surface area contributed by atoms with Crippen molar-refractivity contribution in [2.45, 2.75) is 13.5 Å². The largest absolute Gasteiger partial charge is 0.380 e. The Morgan fingerprint density at radius 3 is 3.22 bits per heavy atom. The Morgan fingerprint density at radius 2 is 2.43 bits per heavy atom. The smallest absolute Gasteiger partial charge is 0.125 e. The number of likely N-dealkylation sites (tertiary alicyclic amines) is 1. The lowest BCUT2D eigenvalue weighted by Crippen LogP contribution is -2.37. The average molecular weight is 330 g/mol. The molecule has 0 aromatic carbocycles. The zero-order valence-electron chi connectivity index (χ0n) is 13.4. The van der Waals surface area contributed by atoms with Gasteiger partial charge in [0.1, 0.15) is 10.8 Å². The second-order valence-electron chi connectivity index (χ2n) is 6.70. The molecule has 2 aromatic heterocycles. The first kappa shape index (κ1) is 15.1. The van der Waals surface area contributed by atoms with Crippen LogP contribution in [0.5, 0.6) is 0 Å². The van der Waals surface area contributed by atoms with Crippen molar-refractivity contribution in [1.29, 1.82) is 0 Å². The van der Waals surface area contributed by atoms with E-state index in [1.165, 1.54) is 5.01 Å². The minimum atomic E-state index is 0.198. The highest BCUT2D eigenvalue weighted by Gasteiger charge is 2.50. The first-order valence-corrected chi connectivity index (χ1v) is 8.97. The van der Waals surface area contributed by atoms with Gasteiger partial charge in [-0.15, -0.1) is 11.3 Å². The van der Waals surface area contributed by atoms with E-state index in [0.29, 0.717) is 5.92 Å². The number of nitrogens with zero attached hydrogens (tertiary/aromatic N) is 3. The molecule has 4 rings (SSSR count). The van der Waals surface area contributed by atoms with Gasteiger partial charge in [-0.1, -0.05) is 6.07 Å². The van der Waals surface area contributed by atoms with Crippen molar-refractivity contribution in [3.8, 4) is 0 Å². The summed E-state index contributed by atoms with van der Waals surface area (Å²) in [6.45, 7) is 7.81. The molecule has 2 aliphatic heterocycles. The third-order valence-corrected chi connectivity index (χ3v) is 5.85. The van der Waals surface area contributed by atoms with Gasteiger partial charge in [-0.05, 0) is 19.1 Å². The highest BCUT2D eigenvalue weighted by atomic mass is 32.1. The van der Waals surface area contributed by atoms with E-state index in [9.17, 15) is 0 Å². The van der Waals surface area contributed by atoms with Crippen LogP contribution in [0.25, 0.3) is 0 Å². The zero-order valence-corrected chi connectivity index (χ0v) is 14.2. The summed E-state index contributed by atoms with van der Waals surface area (Å²) in [6, 6.07) is 5.98. The SMILES string of the molecule is Cc1csc(CN2C[C@@H]3COC[C@]3(CNc3ccccn3)C2)n1. The van der Waals surface area contributed by atoms with Gasteiger partial charge in [0.2, 0.25) is 0 Å². The van der Waals surface area contributed by atoms with Crippen LogP contribution in [0.1, 0.15) is 10.7 Å². The van der Waals surface area contributed by atoms with Crippen LogP contribution in [0.2, 0.25) is 0 Å². The molecule has 122 valence electrons. The monoisotopic (exact) mass is 330 g/mol. The molecule has 0 saturated carbocycles. The molecule has 0 radical (unpaired) electrons. The molecule has 5 nitrogen and oxygen atoms in total. The number of aromatic nitrogens is 2. The van der Waals surface area contributed by atoms with Crippen LogP contribution in [0.15, 0.2) is 29.8 Å². The van der Waals surface area contributed by atoms with Crippen LogP contribution in [0.3, 0.4) is 0 Å². The maximum absolute atomic E-state index is 5.81. The van der Waals surface area contributed by atoms with Gasteiger partial charge in [0.15, 0.2) is 0 Å². The summed E-state index contributed by atoms with van der Waals surface area (Å²) >= 11 is 1.76. The van der Waals surface area contributed by atoms with Gasteiger partial charge in [-0.25, -0.2) is 9.97 Å². The minimum Gasteiger partial charge on any atom is -0.380 e. The average Bonchev–Trinajstić information content (AvgIpc) is 3.21. The van der Waals surface area contributed by atoms with Gasteiger partial charge in [-0.3, -0.25) is 4.90 Å². The fourth-order valence-electron chi connectivity index (χ4n) is 3.71. The third-order valence-electron chi connectivity index (χ3n) is 4.90. The molecule has 2 fully saturated rings. The topological polar surface area (TPSA) is 50.3 Å². The van der Waals surface area contributed by atoms with Gasteiger partial charge in [0.25, 0.3) is 0 Å². The fraction of sp³-hybridized carbons (Fsp3) is 0.529. The summed E-state index contributed by atoms with van der Waals surface area (Å²) in [5, 5.41) is 6.86. The Labute approximate surface area is 140 Å². The first-order chi connectivity index (χ1) is 11.2. The lowest BCUT2D eigenvalue weighted by Gasteiger charge is -2.27. The minimum absolute atomic E-state index is 0.198. The molecular formula is C17H22N4OS. The Balaban J connectivity index is 1.42. The molecule has 1 N–H and O–H groups in total. The van der Waals surface area contributed by atoms with E-state index in [0.717, 1.165) is 50.9 Å². The van der Waals surface area contributed by atoms with Crippen LogP contribution < -0.4 is 5.32 Å². The van der Waals surface area contributed by atoms with Crippen LogP contribution >= 0.6 is 11.3 Å². The molecule has 0 amide bonds. The number of nitrogens with one attached hydrogen (secondary N) is 1. The number of rotatable bonds is 5. The number of pyridine rings is 1. The highest BCUT2D eigenvalue weighted by Crippen LogP contribution is 2.41. The van der Waals surface area contributed by atoms with E-state index >= 15 is 0 Å². The number of fused-ring (bicyclic) bond motifs is 1. The number of ether oxygens (including phenoxy) is 1. The van der Waals surface area contributed by atoms with Crippen molar-refractivity contribution in [1.82, 2.24) is 14.9 Å². The first-order valence-electron chi connectivity index (χ1n) is 8.10. The maximum atomic E-state index is 5.81. The van der Waals surface area contributed by atoms with Crippen LogP contribution in [0, 0.1) is 18.3 Å². The molecule has 0 spiro atoms. The second-order valence-corrected chi connectivity index (χ2v) is 7.64. The summed E-state index contributed by atoms with van der Waals surface area (Å²) in [6.07, 6.45) is 1.83. The van der Waals surface area contributed by atoms with Crippen molar-refractivity contribution in [2.75, 3.05) is 38.2 Å². The molecule has 2 saturated heterocycles. The molecule has 2 aliphatic rings. The van der Waals surface area contributed by atoms with E-state index in [1.807, 2.05) is 24.4 Å². The van der Waals surface area contributed by atoms with Crippen molar-refractivity contribution < 1.29 is 4.74 Å². The van der Waals surface area contributed by atoms with Gasteiger partial charge in [-0.2, -0.15) is 0 Å². The number of aryl methyl sites for hydroxylation is 1. The summed E-state index contributed by atoms with van der Waals surface area (Å²) in [5.74, 6) is 1.54. The van der Waals surface area contributed by atoms with Crippen LogP contribution in [-0.2, 0) is 11.3 Å². The molecular weight excluding hydrogens is 308 g/mol. The second kappa shape index (κ2) is 6.19. The van der Waals surface area contributed by atoms with E-state index in [1.54, 1.807) is 11.3 Å². The van der Waals surface area contributed by atoms with Gasteiger partial charge in [0.05, 0.1) is 19.8 Å². The quantitative estimate of drug-likeness (QED) is 0.912. The van der Waals surface area contributed by atoms with Crippen molar-refractivity contribution in [3.63, 3.8) is 0 Å². The number of hydrogen-bond donors (Lipinski definition) is 1.